The van der Waals surface area contributed by atoms with Crippen molar-refractivity contribution >= 4 is 43.7 Å². The molecule has 0 aliphatic rings. The molecule has 3 aromatic heterocycles. The fraction of sp³-hybridized carbons (Fsp3) is 0.333. The van der Waals surface area contributed by atoms with Crippen molar-refractivity contribution in [3.8, 4) is 0 Å². The molecule has 0 aliphatic heterocycles. The van der Waals surface area contributed by atoms with E-state index in [-0.39, 0.29) is 0 Å². The van der Waals surface area contributed by atoms with Crippen LogP contribution in [0.3, 0.4) is 0 Å². The van der Waals surface area contributed by atoms with E-state index in [1.807, 2.05) is 18.3 Å². The summed E-state index contributed by atoms with van der Waals surface area (Å²) >= 11 is 5.31. The normalized spacial score (nSPS) is 11.4. The van der Waals surface area contributed by atoms with Crippen molar-refractivity contribution in [3.63, 3.8) is 0 Å². The Balaban J connectivity index is 1.74. The highest BCUT2D eigenvalue weighted by atomic mass is 32.1. The molecular formula is C12H12N2S3. The predicted molar refractivity (Wildman–Crippen MR) is 76.5 cm³/mol. The lowest BCUT2D eigenvalue weighted by Gasteiger charge is -1.93. The average molecular weight is 280 g/mol. The molecule has 0 amide bonds. The molecule has 88 valence electrons. The Bertz CT molecular complexity index is 616. The third-order valence-corrected chi connectivity index (χ3v) is 5.57. The summed E-state index contributed by atoms with van der Waals surface area (Å²) in [6.07, 6.45) is 2.13. The van der Waals surface area contributed by atoms with E-state index in [0.717, 1.165) is 27.5 Å². The van der Waals surface area contributed by atoms with Gasteiger partial charge in [0.1, 0.15) is 0 Å². The zero-order chi connectivity index (χ0) is 11.8. The molecule has 0 N–H and O–H groups in total. The van der Waals surface area contributed by atoms with Gasteiger partial charge in [-0.25, -0.2) is 9.97 Å². The largest absolute Gasteiger partial charge is 0.229 e. The second-order valence-corrected chi connectivity index (χ2v) is 7.58. The summed E-state index contributed by atoms with van der Waals surface area (Å²) in [5, 5.41) is 2.32. The van der Waals surface area contributed by atoms with Gasteiger partial charge in [0.05, 0.1) is 10.0 Å². The lowest BCUT2D eigenvalue weighted by molar-refractivity contribution is 0.969. The average Bonchev–Trinajstić information content (AvgIpc) is 2.89. The van der Waals surface area contributed by atoms with E-state index in [1.165, 1.54) is 14.8 Å². The molecule has 2 nitrogen and oxygen atoms in total. The Kier molecular flexibility index (Phi) is 2.98. The number of aromatic nitrogens is 2. The summed E-state index contributed by atoms with van der Waals surface area (Å²) in [5.41, 5.74) is 0. The van der Waals surface area contributed by atoms with Gasteiger partial charge in [-0.05, 0) is 32.4 Å². The first-order valence-electron chi connectivity index (χ1n) is 5.49. The van der Waals surface area contributed by atoms with Crippen molar-refractivity contribution in [1.29, 1.82) is 0 Å². The molecule has 0 saturated carbocycles. The van der Waals surface area contributed by atoms with Gasteiger partial charge in [-0.1, -0.05) is 22.7 Å². The number of thiazole rings is 2. The third kappa shape index (κ3) is 2.41. The summed E-state index contributed by atoms with van der Waals surface area (Å²) in [6.45, 7) is 4.19. The summed E-state index contributed by atoms with van der Waals surface area (Å²) in [4.78, 5) is 14.1. The number of aryl methyl sites for hydroxylation is 4. The molecule has 3 aromatic rings. The molecule has 0 atom stereocenters. The van der Waals surface area contributed by atoms with Gasteiger partial charge in [-0.2, -0.15) is 0 Å². The summed E-state index contributed by atoms with van der Waals surface area (Å²) in [7, 11) is 0. The number of nitrogens with zero attached hydrogens (tertiary/aromatic N) is 2. The van der Waals surface area contributed by atoms with E-state index in [9.17, 15) is 0 Å². The van der Waals surface area contributed by atoms with Gasteiger partial charge >= 0.3 is 0 Å². The molecular weight excluding hydrogens is 268 g/mol. The van der Waals surface area contributed by atoms with Gasteiger partial charge in [0.2, 0.25) is 0 Å². The van der Waals surface area contributed by atoms with E-state index in [1.54, 1.807) is 22.7 Å². The molecule has 0 aromatic carbocycles. The number of hydrogen-bond donors (Lipinski definition) is 0. The highest BCUT2D eigenvalue weighted by molar-refractivity contribution is 7.26. The molecule has 3 rings (SSSR count). The van der Waals surface area contributed by atoms with Crippen LogP contribution in [0.1, 0.15) is 19.8 Å². The van der Waals surface area contributed by atoms with Crippen LogP contribution in [0.4, 0.5) is 0 Å². The molecule has 0 spiro atoms. The summed E-state index contributed by atoms with van der Waals surface area (Å²) in [6, 6.07) is 4.41. The van der Waals surface area contributed by atoms with Crippen molar-refractivity contribution in [1.82, 2.24) is 9.97 Å². The zero-order valence-electron chi connectivity index (χ0n) is 9.69. The van der Waals surface area contributed by atoms with Crippen LogP contribution in [0.2, 0.25) is 0 Å². The van der Waals surface area contributed by atoms with Crippen molar-refractivity contribution in [2.75, 3.05) is 0 Å². The van der Waals surface area contributed by atoms with Gasteiger partial charge in [0.25, 0.3) is 0 Å². The zero-order valence-corrected chi connectivity index (χ0v) is 12.1. The second-order valence-electron chi connectivity index (χ2n) is 3.96. The molecule has 0 radical (unpaired) electrons. The number of hydrogen-bond acceptors (Lipinski definition) is 5. The first kappa shape index (κ1) is 11.3. The van der Waals surface area contributed by atoms with Gasteiger partial charge in [0.15, 0.2) is 9.66 Å². The van der Waals surface area contributed by atoms with Crippen LogP contribution >= 0.6 is 34.0 Å². The lowest BCUT2D eigenvalue weighted by Crippen LogP contribution is -1.86. The van der Waals surface area contributed by atoms with E-state index in [0.29, 0.717) is 0 Å². The van der Waals surface area contributed by atoms with Gasteiger partial charge < -0.3 is 0 Å². The number of thiophene rings is 1. The monoisotopic (exact) mass is 280 g/mol. The Morgan fingerprint density at radius 1 is 0.941 bits per heavy atom. The van der Waals surface area contributed by atoms with Gasteiger partial charge in [-0.15, -0.1) is 11.3 Å². The van der Waals surface area contributed by atoms with Crippen molar-refractivity contribution in [3.05, 3.63) is 31.9 Å². The third-order valence-electron chi connectivity index (χ3n) is 2.51. The maximum atomic E-state index is 4.63. The maximum absolute atomic E-state index is 4.63. The molecule has 0 saturated heterocycles. The number of rotatable bonds is 3. The Labute approximate surface area is 112 Å². The van der Waals surface area contributed by atoms with Crippen molar-refractivity contribution in [2.45, 2.75) is 26.7 Å². The lowest BCUT2D eigenvalue weighted by atomic mass is 10.3. The van der Waals surface area contributed by atoms with Crippen LogP contribution in [0.5, 0.6) is 0 Å². The van der Waals surface area contributed by atoms with E-state index < -0.39 is 0 Å². The molecule has 0 bridgehead atoms. The van der Waals surface area contributed by atoms with Crippen molar-refractivity contribution < 1.29 is 0 Å². The van der Waals surface area contributed by atoms with Crippen molar-refractivity contribution in [2.24, 2.45) is 0 Å². The second kappa shape index (κ2) is 4.48. The SMILES string of the molecule is Cc1ccc(CCc2nc3sc(C)nc3s2)s1. The Morgan fingerprint density at radius 2 is 1.76 bits per heavy atom. The van der Waals surface area contributed by atoms with Crippen LogP contribution in [0, 0.1) is 13.8 Å². The van der Waals surface area contributed by atoms with Crippen LogP contribution in [-0.4, -0.2) is 9.97 Å². The van der Waals surface area contributed by atoms with Gasteiger partial charge in [0, 0.05) is 16.2 Å². The Hall–Kier alpha value is -0.780. The first-order chi connectivity index (χ1) is 8.20. The van der Waals surface area contributed by atoms with Crippen LogP contribution in [0.25, 0.3) is 9.66 Å². The maximum Gasteiger partial charge on any atom is 0.155 e. The van der Waals surface area contributed by atoms with Crippen LogP contribution < -0.4 is 0 Å². The standard InChI is InChI=1S/C12H12N2S3/c1-7-3-4-9(15-7)5-6-10-14-12-11(17-10)13-8(2)16-12/h3-4H,5-6H2,1-2H3. The van der Waals surface area contributed by atoms with E-state index >= 15 is 0 Å². The fourth-order valence-electron chi connectivity index (χ4n) is 1.74. The molecule has 0 fully saturated rings. The summed E-state index contributed by atoms with van der Waals surface area (Å²) in [5.74, 6) is 0. The van der Waals surface area contributed by atoms with Gasteiger partial charge in [-0.3, -0.25) is 0 Å². The molecule has 3 heterocycles. The quantitative estimate of drug-likeness (QED) is 0.718. The topological polar surface area (TPSA) is 25.8 Å². The smallest absolute Gasteiger partial charge is 0.155 e. The minimum absolute atomic E-state index is 1.03. The van der Waals surface area contributed by atoms with Crippen LogP contribution in [0.15, 0.2) is 12.1 Å². The fourth-order valence-corrected chi connectivity index (χ4v) is 4.58. The van der Waals surface area contributed by atoms with Crippen LogP contribution in [-0.2, 0) is 12.8 Å². The highest BCUT2D eigenvalue weighted by Crippen LogP contribution is 2.27. The number of fused-ring (bicyclic) bond motifs is 1. The summed E-state index contributed by atoms with van der Waals surface area (Å²) < 4.78 is 0. The molecule has 0 unspecified atom stereocenters. The van der Waals surface area contributed by atoms with E-state index in [2.05, 4.69) is 29.0 Å². The molecule has 5 heteroatoms. The molecule has 17 heavy (non-hydrogen) atoms. The van der Waals surface area contributed by atoms with E-state index in [4.69, 9.17) is 0 Å². The highest BCUT2D eigenvalue weighted by Gasteiger charge is 2.08. The first-order valence-corrected chi connectivity index (χ1v) is 7.94. The Morgan fingerprint density at radius 3 is 2.47 bits per heavy atom. The molecule has 0 aliphatic carbocycles. The predicted octanol–water partition coefficient (Wildman–Crippen LogP) is 4.22. The minimum atomic E-state index is 1.03. The minimum Gasteiger partial charge on any atom is -0.229 e.